The zero-order chi connectivity index (χ0) is 13.9. The number of rotatable bonds is 4. The standard InChI is InChI=1S/C15H12ClN3O/c1-2-7-17-14-11(4-3-8-18-14)15-19-12-9-10(16)5-6-13(12)20-15/h2-6,8-9H,1,7H2,(H,17,18). The highest BCUT2D eigenvalue weighted by Crippen LogP contribution is 2.29. The van der Waals surface area contributed by atoms with E-state index in [0.29, 0.717) is 28.9 Å². The van der Waals surface area contributed by atoms with Gasteiger partial charge in [-0.2, -0.15) is 0 Å². The first kappa shape index (κ1) is 12.7. The summed E-state index contributed by atoms with van der Waals surface area (Å²) in [5.41, 5.74) is 2.23. The van der Waals surface area contributed by atoms with Crippen LogP contribution in [0.2, 0.25) is 5.02 Å². The van der Waals surface area contributed by atoms with Gasteiger partial charge >= 0.3 is 0 Å². The molecule has 0 amide bonds. The Labute approximate surface area is 121 Å². The second-order valence-electron chi connectivity index (χ2n) is 4.20. The Morgan fingerprint density at radius 3 is 3.10 bits per heavy atom. The lowest BCUT2D eigenvalue weighted by molar-refractivity contribution is 0.620. The Morgan fingerprint density at radius 2 is 2.25 bits per heavy atom. The smallest absolute Gasteiger partial charge is 0.231 e. The van der Waals surface area contributed by atoms with Crippen molar-refractivity contribution in [3.8, 4) is 11.5 Å². The van der Waals surface area contributed by atoms with Gasteiger partial charge in [0.1, 0.15) is 11.3 Å². The Morgan fingerprint density at radius 1 is 1.35 bits per heavy atom. The topological polar surface area (TPSA) is 51.0 Å². The first-order chi connectivity index (χ1) is 9.78. The molecule has 100 valence electrons. The number of benzene rings is 1. The fraction of sp³-hybridized carbons (Fsp3) is 0.0667. The maximum atomic E-state index is 5.96. The van der Waals surface area contributed by atoms with E-state index in [1.54, 1.807) is 30.5 Å². The van der Waals surface area contributed by atoms with E-state index in [9.17, 15) is 0 Å². The Bertz CT molecular complexity index is 767. The van der Waals surface area contributed by atoms with Gasteiger partial charge in [0.05, 0.1) is 5.56 Å². The maximum Gasteiger partial charge on any atom is 0.231 e. The van der Waals surface area contributed by atoms with Crippen molar-refractivity contribution in [2.45, 2.75) is 0 Å². The highest BCUT2D eigenvalue weighted by molar-refractivity contribution is 6.31. The van der Waals surface area contributed by atoms with Crippen LogP contribution in [0.25, 0.3) is 22.6 Å². The molecular weight excluding hydrogens is 274 g/mol. The highest BCUT2D eigenvalue weighted by atomic mass is 35.5. The number of halogens is 1. The molecule has 0 saturated heterocycles. The zero-order valence-electron chi connectivity index (χ0n) is 10.6. The van der Waals surface area contributed by atoms with E-state index in [1.165, 1.54) is 0 Å². The van der Waals surface area contributed by atoms with Crippen LogP contribution >= 0.6 is 11.6 Å². The monoisotopic (exact) mass is 285 g/mol. The molecule has 0 aliphatic rings. The lowest BCUT2D eigenvalue weighted by Gasteiger charge is -2.05. The molecular formula is C15H12ClN3O. The number of anilines is 1. The molecule has 0 fully saturated rings. The van der Waals surface area contributed by atoms with Crippen LogP contribution in [-0.2, 0) is 0 Å². The zero-order valence-corrected chi connectivity index (χ0v) is 11.4. The van der Waals surface area contributed by atoms with Crippen LogP contribution in [-0.4, -0.2) is 16.5 Å². The van der Waals surface area contributed by atoms with E-state index in [-0.39, 0.29) is 0 Å². The van der Waals surface area contributed by atoms with Crippen molar-refractivity contribution in [2.24, 2.45) is 0 Å². The van der Waals surface area contributed by atoms with Crippen molar-refractivity contribution in [3.63, 3.8) is 0 Å². The average molecular weight is 286 g/mol. The molecule has 0 unspecified atom stereocenters. The summed E-state index contributed by atoms with van der Waals surface area (Å²) in [6, 6.07) is 9.11. The van der Waals surface area contributed by atoms with E-state index in [0.717, 1.165) is 11.1 Å². The average Bonchev–Trinajstić information content (AvgIpc) is 2.88. The molecule has 2 heterocycles. The number of pyridine rings is 1. The van der Waals surface area contributed by atoms with Crippen molar-refractivity contribution >= 4 is 28.5 Å². The van der Waals surface area contributed by atoms with Gasteiger partial charge in [-0.15, -0.1) is 6.58 Å². The number of fused-ring (bicyclic) bond motifs is 1. The van der Waals surface area contributed by atoms with Crippen molar-refractivity contribution in [3.05, 3.63) is 54.2 Å². The molecule has 0 bridgehead atoms. The number of hydrogen-bond acceptors (Lipinski definition) is 4. The molecule has 4 nitrogen and oxygen atoms in total. The highest BCUT2D eigenvalue weighted by Gasteiger charge is 2.12. The number of oxazole rings is 1. The summed E-state index contributed by atoms with van der Waals surface area (Å²) >= 11 is 5.96. The van der Waals surface area contributed by atoms with E-state index in [2.05, 4.69) is 21.9 Å². The molecule has 3 rings (SSSR count). The minimum atomic E-state index is 0.516. The van der Waals surface area contributed by atoms with Crippen LogP contribution in [0.15, 0.2) is 53.6 Å². The van der Waals surface area contributed by atoms with Crippen LogP contribution in [0, 0.1) is 0 Å². The molecule has 1 aromatic carbocycles. The molecule has 0 radical (unpaired) electrons. The van der Waals surface area contributed by atoms with Gasteiger partial charge < -0.3 is 9.73 Å². The first-order valence-electron chi connectivity index (χ1n) is 6.14. The van der Waals surface area contributed by atoms with Gasteiger partial charge in [0, 0.05) is 17.8 Å². The first-order valence-corrected chi connectivity index (χ1v) is 6.52. The fourth-order valence-electron chi connectivity index (χ4n) is 1.90. The molecule has 0 atom stereocenters. The number of nitrogens with zero attached hydrogens (tertiary/aromatic N) is 2. The summed E-state index contributed by atoms with van der Waals surface area (Å²) < 4.78 is 5.75. The van der Waals surface area contributed by atoms with Gasteiger partial charge in [0.2, 0.25) is 5.89 Å². The van der Waals surface area contributed by atoms with Gasteiger partial charge in [0.15, 0.2) is 5.58 Å². The number of nitrogens with one attached hydrogen (secondary N) is 1. The molecule has 5 heteroatoms. The van der Waals surface area contributed by atoms with Crippen LogP contribution in [0.5, 0.6) is 0 Å². The van der Waals surface area contributed by atoms with Crippen LogP contribution in [0.3, 0.4) is 0 Å². The molecule has 0 aliphatic carbocycles. The van der Waals surface area contributed by atoms with E-state index in [4.69, 9.17) is 16.0 Å². The van der Waals surface area contributed by atoms with Gasteiger partial charge in [-0.1, -0.05) is 17.7 Å². The lowest BCUT2D eigenvalue weighted by Crippen LogP contribution is -2.01. The molecule has 0 spiro atoms. The molecule has 2 aromatic heterocycles. The SMILES string of the molecule is C=CCNc1ncccc1-c1nc2cc(Cl)ccc2o1. The summed E-state index contributed by atoms with van der Waals surface area (Å²) in [6.45, 7) is 4.30. The minimum absolute atomic E-state index is 0.516. The molecule has 20 heavy (non-hydrogen) atoms. The summed E-state index contributed by atoms with van der Waals surface area (Å²) in [5, 5.41) is 3.79. The van der Waals surface area contributed by atoms with Gasteiger partial charge in [-0.3, -0.25) is 0 Å². The minimum Gasteiger partial charge on any atom is -0.436 e. The Balaban J connectivity index is 2.08. The Kier molecular flexibility index (Phi) is 3.39. The number of aromatic nitrogens is 2. The maximum absolute atomic E-state index is 5.96. The largest absolute Gasteiger partial charge is 0.436 e. The van der Waals surface area contributed by atoms with Gasteiger partial charge in [-0.05, 0) is 30.3 Å². The third-order valence-corrected chi connectivity index (χ3v) is 3.04. The van der Waals surface area contributed by atoms with Crippen molar-refractivity contribution in [1.82, 2.24) is 9.97 Å². The third kappa shape index (κ3) is 2.38. The van der Waals surface area contributed by atoms with E-state index in [1.807, 2.05) is 12.1 Å². The Hall–Kier alpha value is -2.33. The van der Waals surface area contributed by atoms with Crippen LogP contribution < -0.4 is 5.32 Å². The fourth-order valence-corrected chi connectivity index (χ4v) is 2.07. The normalized spacial score (nSPS) is 10.7. The van der Waals surface area contributed by atoms with Gasteiger partial charge in [0.25, 0.3) is 0 Å². The summed E-state index contributed by atoms with van der Waals surface area (Å²) in [7, 11) is 0. The quantitative estimate of drug-likeness (QED) is 0.732. The van der Waals surface area contributed by atoms with Crippen LogP contribution in [0.1, 0.15) is 0 Å². The number of hydrogen-bond donors (Lipinski definition) is 1. The summed E-state index contributed by atoms with van der Waals surface area (Å²) in [5.74, 6) is 1.23. The predicted molar refractivity (Wildman–Crippen MR) is 80.9 cm³/mol. The third-order valence-electron chi connectivity index (χ3n) is 2.80. The lowest BCUT2D eigenvalue weighted by atomic mass is 10.2. The second kappa shape index (κ2) is 5.35. The molecule has 0 saturated carbocycles. The van der Waals surface area contributed by atoms with Crippen molar-refractivity contribution < 1.29 is 4.42 Å². The van der Waals surface area contributed by atoms with Crippen molar-refractivity contribution in [2.75, 3.05) is 11.9 Å². The predicted octanol–water partition coefficient (Wildman–Crippen LogP) is 4.14. The van der Waals surface area contributed by atoms with E-state index < -0.39 is 0 Å². The van der Waals surface area contributed by atoms with Gasteiger partial charge in [-0.25, -0.2) is 9.97 Å². The molecule has 1 N–H and O–H groups in total. The molecule has 0 aliphatic heterocycles. The second-order valence-corrected chi connectivity index (χ2v) is 4.64. The van der Waals surface area contributed by atoms with Crippen molar-refractivity contribution in [1.29, 1.82) is 0 Å². The summed E-state index contributed by atoms with van der Waals surface area (Å²) in [4.78, 5) is 8.75. The van der Waals surface area contributed by atoms with E-state index >= 15 is 0 Å². The summed E-state index contributed by atoms with van der Waals surface area (Å²) in [6.07, 6.45) is 3.48. The molecule has 3 aromatic rings. The van der Waals surface area contributed by atoms with Crippen LogP contribution in [0.4, 0.5) is 5.82 Å².